The highest BCUT2D eigenvalue weighted by atomic mass is 32.1. The lowest BCUT2D eigenvalue weighted by molar-refractivity contribution is -0.122. The van der Waals surface area contributed by atoms with Crippen LogP contribution in [0.25, 0.3) is 0 Å². The van der Waals surface area contributed by atoms with Gasteiger partial charge in [-0.2, -0.15) is 0 Å². The fraction of sp³-hybridized carbons (Fsp3) is 0.500. The summed E-state index contributed by atoms with van der Waals surface area (Å²) < 4.78 is 6.01. The number of aromatic nitrogens is 2. The molecule has 0 bridgehead atoms. The molecule has 0 aliphatic carbocycles. The molecule has 22 heavy (non-hydrogen) atoms. The van der Waals surface area contributed by atoms with E-state index in [9.17, 15) is 14.4 Å². The molecule has 0 aromatic carbocycles. The van der Waals surface area contributed by atoms with E-state index in [0.29, 0.717) is 37.1 Å². The van der Waals surface area contributed by atoms with E-state index in [2.05, 4.69) is 15.8 Å². The number of morpholine rings is 1. The van der Waals surface area contributed by atoms with E-state index >= 15 is 0 Å². The number of aryl methyl sites for hydroxylation is 1. The van der Waals surface area contributed by atoms with Gasteiger partial charge in [-0.1, -0.05) is 0 Å². The Balaban J connectivity index is 1.89. The summed E-state index contributed by atoms with van der Waals surface area (Å²) in [6.45, 7) is 3.62. The number of nitrogens with one attached hydrogen (secondary N) is 3. The summed E-state index contributed by atoms with van der Waals surface area (Å²) in [7, 11) is 0. The smallest absolute Gasteiger partial charge is 0.329 e. The highest BCUT2D eigenvalue weighted by Crippen LogP contribution is 1.96. The molecule has 1 aromatic heterocycles. The first-order chi connectivity index (χ1) is 10.5. The second kappa shape index (κ2) is 7.18. The topological polar surface area (TPSA) is 108 Å². The van der Waals surface area contributed by atoms with Crippen molar-refractivity contribution in [3.8, 4) is 0 Å². The molecule has 3 N–H and O–H groups in total. The van der Waals surface area contributed by atoms with E-state index in [0.717, 1.165) is 4.57 Å². The molecule has 1 saturated heterocycles. The first kappa shape index (κ1) is 16.2. The summed E-state index contributed by atoms with van der Waals surface area (Å²) in [5.41, 5.74) is 4.25. The van der Waals surface area contributed by atoms with Gasteiger partial charge in [0, 0.05) is 24.8 Å². The van der Waals surface area contributed by atoms with Crippen molar-refractivity contribution in [3.05, 3.63) is 32.6 Å². The maximum absolute atomic E-state index is 11.8. The maximum atomic E-state index is 11.8. The van der Waals surface area contributed by atoms with Crippen molar-refractivity contribution in [3.63, 3.8) is 0 Å². The third-order valence-corrected chi connectivity index (χ3v) is 3.42. The number of amides is 1. The molecule has 2 heterocycles. The van der Waals surface area contributed by atoms with Gasteiger partial charge in [-0.05, 0) is 19.1 Å². The third kappa shape index (κ3) is 4.15. The fourth-order valence-corrected chi connectivity index (χ4v) is 2.17. The highest BCUT2D eigenvalue weighted by Gasteiger charge is 2.14. The molecule has 1 fully saturated rings. The first-order valence-corrected chi connectivity index (χ1v) is 7.10. The van der Waals surface area contributed by atoms with E-state index in [1.54, 1.807) is 6.92 Å². The molecule has 0 radical (unpaired) electrons. The lowest BCUT2D eigenvalue weighted by Crippen LogP contribution is -2.53. The minimum absolute atomic E-state index is 0.363. The second-order valence-electron chi connectivity index (χ2n) is 4.76. The van der Waals surface area contributed by atoms with Gasteiger partial charge >= 0.3 is 5.69 Å². The fourth-order valence-electron chi connectivity index (χ4n) is 1.94. The number of carbonyl (C=O) groups is 1. The van der Waals surface area contributed by atoms with Gasteiger partial charge in [0.15, 0.2) is 5.11 Å². The standard InChI is InChI=1S/C12H17N5O4S/c1-8-6-10(19)17(11(20)13-8)7-9(18)14-15-12(22)16-2-4-21-5-3-16/h6H,2-5,7H2,1H3,(H,13,20)(H,14,18)(H,15,22). The van der Waals surface area contributed by atoms with Gasteiger partial charge in [0.1, 0.15) is 6.54 Å². The summed E-state index contributed by atoms with van der Waals surface area (Å²) >= 11 is 5.13. The zero-order chi connectivity index (χ0) is 16.1. The summed E-state index contributed by atoms with van der Waals surface area (Å²) in [5.74, 6) is -0.549. The number of rotatable bonds is 2. The van der Waals surface area contributed by atoms with Crippen LogP contribution in [0.4, 0.5) is 0 Å². The lowest BCUT2D eigenvalue weighted by Gasteiger charge is -2.29. The van der Waals surface area contributed by atoms with E-state index in [-0.39, 0.29) is 0 Å². The van der Waals surface area contributed by atoms with Crippen LogP contribution < -0.4 is 22.1 Å². The maximum Gasteiger partial charge on any atom is 0.329 e. The number of thiocarbonyl (C=S) groups is 1. The number of aromatic amines is 1. The molecule has 2 rings (SSSR count). The van der Waals surface area contributed by atoms with Crippen molar-refractivity contribution in [2.45, 2.75) is 13.5 Å². The van der Waals surface area contributed by atoms with Gasteiger partial charge < -0.3 is 14.6 Å². The van der Waals surface area contributed by atoms with Crippen LogP contribution in [0.1, 0.15) is 5.69 Å². The Bertz CT molecular complexity index is 646. The van der Waals surface area contributed by atoms with Gasteiger partial charge in [0.2, 0.25) is 0 Å². The van der Waals surface area contributed by atoms with Crippen LogP contribution in [0, 0.1) is 6.92 Å². The number of ether oxygens (including phenoxy) is 1. The molecule has 9 nitrogen and oxygen atoms in total. The lowest BCUT2D eigenvalue weighted by atomic mass is 10.4. The van der Waals surface area contributed by atoms with Crippen molar-refractivity contribution in [2.75, 3.05) is 26.3 Å². The van der Waals surface area contributed by atoms with Crippen molar-refractivity contribution >= 4 is 23.2 Å². The predicted molar refractivity (Wildman–Crippen MR) is 82.3 cm³/mol. The zero-order valence-electron chi connectivity index (χ0n) is 12.0. The zero-order valence-corrected chi connectivity index (χ0v) is 12.9. The van der Waals surface area contributed by atoms with Gasteiger partial charge in [-0.25, -0.2) is 4.79 Å². The molecular formula is C12H17N5O4S. The minimum atomic E-state index is -0.629. The molecular weight excluding hydrogens is 310 g/mol. The summed E-state index contributed by atoms with van der Waals surface area (Å²) in [5, 5.41) is 0.363. The van der Waals surface area contributed by atoms with Gasteiger partial charge in [0.25, 0.3) is 11.5 Å². The van der Waals surface area contributed by atoms with E-state index in [1.165, 1.54) is 6.07 Å². The highest BCUT2D eigenvalue weighted by molar-refractivity contribution is 7.80. The van der Waals surface area contributed by atoms with Crippen molar-refractivity contribution in [2.24, 2.45) is 0 Å². The Morgan fingerprint density at radius 1 is 1.36 bits per heavy atom. The van der Waals surface area contributed by atoms with Gasteiger partial charge in [0.05, 0.1) is 13.2 Å². The predicted octanol–water partition coefficient (Wildman–Crippen LogP) is -1.92. The monoisotopic (exact) mass is 327 g/mol. The molecule has 0 unspecified atom stereocenters. The number of hydrazine groups is 1. The molecule has 0 atom stereocenters. The van der Waals surface area contributed by atoms with Crippen molar-refractivity contribution in [1.82, 2.24) is 25.3 Å². The van der Waals surface area contributed by atoms with Crippen LogP contribution in [-0.4, -0.2) is 51.8 Å². The second-order valence-corrected chi connectivity index (χ2v) is 5.15. The molecule has 10 heteroatoms. The average Bonchev–Trinajstić information content (AvgIpc) is 2.49. The van der Waals surface area contributed by atoms with Crippen LogP contribution in [-0.2, 0) is 16.1 Å². The average molecular weight is 327 g/mol. The number of nitrogens with zero attached hydrogens (tertiary/aromatic N) is 2. The molecule has 1 aromatic rings. The van der Waals surface area contributed by atoms with E-state index < -0.39 is 23.7 Å². The Morgan fingerprint density at radius 2 is 2.05 bits per heavy atom. The normalized spacial score (nSPS) is 14.5. The van der Waals surface area contributed by atoms with Crippen LogP contribution in [0.5, 0.6) is 0 Å². The van der Waals surface area contributed by atoms with Crippen LogP contribution >= 0.6 is 12.2 Å². The van der Waals surface area contributed by atoms with Crippen LogP contribution in [0.15, 0.2) is 15.7 Å². The van der Waals surface area contributed by atoms with Gasteiger partial charge in [-0.3, -0.25) is 25.0 Å². The first-order valence-electron chi connectivity index (χ1n) is 6.69. The molecule has 1 aliphatic heterocycles. The SMILES string of the molecule is Cc1cc(=O)n(CC(=O)NNC(=S)N2CCOCC2)c(=O)[nH]1. The number of carbonyl (C=O) groups excluding carboxylic acids is 1. The van der Waals surface area contributed by atoms with Crippen molar-refractivity contribution in [1.29, 1.82) is 0 Å². The molecule has 0 saturated carbocycles. The Labute approximate surface area is 131 Å². The molecule has 120 valence electrons. The van der Waals surface area contributed by atoms with Crippen LogP contribution in [0.3, 0.4) is 0 Å². The van der Waals surface area contributed by atoms with Crippen molar-refractivity contribution < 1.29 is 9.53 Å². The Morgan fingerprint density at radius 3 is 2.68 bits per heavy atom. The summed E-state index contributed by atoms with van der Waals surface area (Å²) in [4.78, 5) is 39.4. The quantitative estimate of drug-likeness (QED) is 0.429. The van der Waals surface area contributed by atoms with Crippen LogP contribution in [0.2, 0.25) is 0 Å². The summed E-state index contributed by atoms with van der Waals surface area (Å²) in [6.07, 6.45) is 0. The van der Waals surface area contributed by atoms with E-state index in [4.69, 9.17) is 17.0 Å². The Kier molecular flexibility index (Phi) is 5.28. The van der Waals surface area contributed by atoms with E-state index in [1.807, 2.05) is 4.90 Å². The molecule has 1 amide bonds. The molecule has 1 aliphatic rings. The number of hydrogen-bond donors (Lipinski definition) is 3. The summed E-state index contributed by atoms with van der Waals surface area (Å²) in [6, 6.07) is 1.25. The number of hydrogen-bond acceptors (Lipinski definition) is 5. The molecule has 0 spiro atoms. The largest absolute Gasteiger partial charge is 0.378 e. The third-order valence-electron chi connectivity index (χ3n) is 3.06. The van der Waals surface area contributed by atoms with Gasteiger partial charge in [-0.15, -0.1) is 0 Å². The minimum Gasteiger partial charge on any atom is -0.378 e. The Hall–Kier alpha value is -2.20. The number of H-pyrrole nitrogens is 1.